The van der Waals surface area contributed by atoms with E-state index in [-0.39, 0.29) is 11.9 Å². The minimum Gasteiger partial charge on any atom is -0.389 e. The molecule has 0 saturated heterocycles. The Bertz CT molecular complexity index is 462. The van der Waals surface area contributed by atoms with Crippen LogP contribution >= 0.6 is 0 Å². The van der Waals surface area contributed by atoms with Crippen molar-refractivity contribution in [3.8, 4) is 0 Å². The summed E-state index contributed by atoms with van der Waals surface area (Å²) in [6, 6.07) is 5.14. The van der Waals surface area contributed by atoms with Gasteiger partial charge in [-0.05, 0) is 54.9 Å². The van der Waals surface area contributed by atoms with Crippen LogP contribution in [0, 0.1) is 11.7 Å². The van der Waals surface area contributed by atoms with Gasteiger partial charge in [0.2, 0.25) is 0 Å². The molecular weight excluding hydrogens is 257 g/mol. The number of halogens is 1. The Morgan fingerprint density at radius 3 is 3.00 bits per heavy atom. The van der Waals surface area contributed by atoms with E-state index in [4.69, 9.17) is 4.74 Å². The molecular formula is C16H22FNO2. The van der Waals surface area contributed by atoms with Gasteiger partial charge in [0.15, 0.2) is 0 Å². The van der Waals surface area contributed by atoms with Gasteiger partial charge in [-0.2, -0.15) is 0 Å². The van der Waals surface area contributed by atoms with Crippen LogP contribution in [0.3, 0.4) is 0 Å². The summed E-state index contributed by atoms with van der Waals surface area (Å²) in [6.45, 7) is 1.64. The Morgan fingerprint density at radius 2 is 2.20 bits per heavy atom. The number of ether oxygens (including phenoxy) is 1. The molecule has 3 nitrogen and oxygen atoms in total. The Labute approximate surface area is 119 Å². The fourth-order valence-corrected chi connectivity index (χ4v) is 2.78. The summed E-state index contributed by atoms with van der Waals surface area (Å²) >= 11 is 0. The zero-order valence-electron chi connectivity index (χ0n) is 11.6. The predicted octanol–water partition coefficient (Wildman–Crippen LogP) is 2.19. The maximum atomic E-state index is 13.3. The van der Waals surface area contributed by atoms with Gasteiger partial charge in [-0.1, -0.05) is 6.07 Å². The number of aliphatic hydroxyl groups excluding tert-OH is 1. The van der Waals surface area contributed by atoms with Gasteiger partial charge in [-0.3, -0.25) is 0 Å². The fraction of sp³-hybridized carbons (Fsp3) is 0.625. The molecule has 0 unspecified atom stereocenters. The third-order valence-corrected chi connectivity index (χ3v) is 4.15. The maximum absolute atomic E-state index is 13.3. The highest BCUT2D eigenvalue weighted by Crippen LogP contribution is 2.31. The summed E-state index contributed by atoms with van der Waals surface area (Å²) in [7, 11) is 0. The van der Waals surface area contributed by atoms with E-state index in [2.05, 4.69) is 5.32 Å². The molecule has 2 aliphatic carbocycles. The Kier molecular flexibility index (Phi) is 4.34. The molecule has 3 rings (SSSR count). The van der Waals surface area contributed by atoms with Gasteiger partial charge < -0.3 is 15.2 Å². The quantitative estimate of drug-likeness (QED) is 0.804. The van der Waals surface area contributed by atoms with Gasteiger partial charge >= 0.3 is 0 Å². The van der Waals surface area contributed by atoms with Crippen molar-refractivity contribution in [3.05, 3.63) is 35.1 Å². The van der Waals surface area contributed by atoms with Crippen molar-refractivity contribution in [2.75, 3.05) is 19.8 Å². The van der Waals surface area contributed by atoms with E-state index in [0.29, 0.717) is 13.2 Å². The number of rotatable bonds is 7. The largest absolute Gasteiger partial charge is 0.389 e. The van der Waals surface area contributed by atoms with Crippen molar-refractivity contribution in [1.82, 2.24) is 5.32 Å². The number of aliphatic hydroxyl groups is 1. The molecule has 2 N–H and O–H groups in total. The Morgan fingerprint density at radius 1 is 1.35 bits per heavy atom. The van der Waals surface area contributed by atoms with Crippen molar-refractivity contribution >= 4 is 0 Å². The van der Waals surface area contributed by atoms with Crippen molar-refractivity contribution in [1.29, 1.82) is 0 Å². The summed E-state index contributed by atoms with van der Waals surface area (Å²) in [5.74, 6) is 0.533. The van der Waals surface area contributed by atoms with Gasteiger partial charge in [-0.15, -0.1) is 0 Å². The van der Waals surface area contributed by atoms with Crippen LogP contribution in [0.15, 0.2) is 18.2 Å². The van der Waals surface area contributed by atoms with E-state index < -0.39 is 6.10 Å². The monoisotopic (exact) mass is 279 g/mol. The van der Waals surface area contributed by atoms with Gasteiger partial charge in [0.25, 0.3) is 0 Å². The first-order valence-electron chi connectivity index (χ1n) is 7.50. The van der Waals surface area contributed by atoms with Crippen molar-refractivity contribution < 1.29 is 14.2 Å². The molecule has 1 aromatic carbocycles. The third kappa shape index (κ3) is 3.57. The molecule has 0 radical (unpaired) electrons. The standard InChI is InChI=1S/C16H22FNO2/c17-13-5-3-12-4-6-16(15(12)7-13)18-8-14(19)10-20-9-11-1-2-11/h3,5,7,11,14,16,18-19H,1-2,4,6,8-10H2/t14-,16+/m0/s1. The second kappa shape index (κ2) is 6.20. The first-order valence-corrected chi connectivity index (χ1v) is 7.50. The minimum atomic E-state index is -0.494. The zero-order valence-corrected chi connectivity index (χ0v) is 11.6. The van der Waals surface area contributed by atoms with E-state index in [1.807, 2.05) is 6.07 Å². The molecule has 110 valence electrons. The van der Waals surface area contributed by atoms with Crippen LogP contribution in [0.2, 0.25) is 0 Å². The van der Waals surface area contributed by atoms with E-state index in [1.54, 1.807) is 6.07 Å². The molecule has 0 aromatic heterocycles. The Hall–Kier alpha value is -0.970. The number of hydrogen-bond donors (Lipinski definition) is 2. The van der Waals surface area contributed by atoms with Crippen LogP contribution < -0.4 is 5.32 Å². The van der Waals surface area contributed by atoms with Crippen molar-refractivity contribution in [2.24, 2.45) is 5.92 Å². The molecule has 0 heterocycles. The summed E-state index contributed by atoms with van der Waals surface area (Å²) < 4.78 is 18.8. The molecule has 4 heteroatoms. The molecule has 0 bridgehead atoms. The summed E-state index contributed by atoms with van der Waals surface area (Å²) in [6.07, 6.45) is 3.97. The highest BCUT2D eigenvalue weighted by Gasteiger charge is 2.24. The van der Waals surface area contributed by atoms with Crippen LogP contribution in [0.5, 0.6) is 0 Å². The molecule has 1 saturated carbocycles. The summed E-state index contributed by atoms with van der Waals surface area (Å²) in [4.78, 5) is 0. The summed E-state index contributed by atoms with van der Waals surface area (Å²) in [5.41, 5.74) is 2.25. The number of benzene rings is 1. The fourth-order valence-electron chi connectivity index (χ4n) is 2.78. The average Bonchev–Trinajstić information content (AvgIpc) is 3.16. The topological polar surface area (TPSA) is 41.5 Å². The lowest BCUT2D eigenvalue weighted by molar-refractivity contribution is 0.0312. The smallest absolute Gasteiger partial charge is 0.123 e. The average molecular weight is 279 g/mol. The molecule has 2 aliphatic rings. The predicted molar refractivity (Wildman–Crippen MR) is 75.0 cm³/mol. The lowest BCUT2D eigenvalue weighted by Gasteiger charge is -2.17. The first kappa shape index (κ1) is 14.0. The second-order valence-corrected chi connectivity index (χ2v) is 5.98. The van der Waals surface area contributed by atoms with E-state index >= 15 is 0 Å². The normalized spacial score (nSPS) is 22.8. The third-order valence-electron chi connectivity index (χ3n) is 4.15. The lowest BCUT2D eigenvalue weighted by Crippen LogP contribution is -2.32. The van der Waals surface area contributed by atoms with Crippen LogP contribution in [0.1, 0.15) is 36.4 Å². The molecule has 0 amide bonds. The van der Waals surface area contributed by atoms with Crippen LogP contribution in [-0.4, -0.2) is 31.0 Å². The van der Waals surface area contributed by atoms with Gasteiger partial charge in [0, 0.05) is 19.2 Å². The van der Waals surface area contributed by atoms with Gasteiger partial charge in [-0.25, -0.2) is 4.39 Å². The van der Waals surface area contributed by atoms with Crippen LogP contribution in [0.4, 0.5) is 4.39 Å². The molecule has 0 aliphatic heterocycles. The number of nitrogens with one attached hydrogen (secondary N) is 1. The van der Waals surface area contributed by atoms with E-state index in [9.17, 15) is 9.50 Å². The van der Waals surface area contributed by atoms with E-state index in [1.165, 1.54) is 24.5 Å². The zero-order chi connectivity index (χ0) is 13.9. The highest BCUT2D eigenvalue weighted by molar-refractivity contribution is 5.34. The Balaban J connectivity index is 1.43. The lowest BCUT2D eigenvalue weighted by atomic mass is 10.1. The van der Waals surface area contributed by atoms with Crippen LogP contribution in [0.25, 0.3) is 0 Å². The number of hydrogen-bond acceptors (Lipinski definition) is 3. The van der Waals surface area contributed by atoms with Gasteiger partial charge in [0.1, 0.15) is 5.82 Å². The second-order valence-electron chi connectivity index (χ2n) is 5.98. The number of aryl methyl sites for hydroxylation is 1. The van der Waals surface area contributed by atoms with Crippen LogP contribution in [-0.2, 0) is 11.2 Å². The molecule has 0 spiro atoms. The summed E-state index contributed by atoms with van der Waals surface area (Å²) in [5, 5.41) is 13.2. The SMILES string of the molecule is O[C@@H](CN[C@@H]1CCc2ccc(F)cc21)COCC1CC1. The molecule has 20 heavy (non-hydrogen) atoms. The van der Waals surface area contributed by atoms with Crippen molar-refractivity contribution in [2.45, 2.75) is 37.8 Å². The van der Waals surface area contributed by atoms with Crippen molar-refractivity contribution in [3.63, 3.8) is 0 Å². The molecule has 2 atom stereocenters. The highest BCUT2D eigenvalue weighted by atomic mass is 19.1. The van der Waals surface area contributed by atoms with Gasteiger partial charge in [0.05, 0.1) is 12.7 Å². The minimum absolute atomic E-state index is 0.152. The van der Waals surface area contributed by atoms with E-state index in [0.717, 1.165) is 30.9 Å². The first-order chi connectivity index (χ1) is 9.72. The molecule has 1 fully saturated rings. The maximum Gasteiger partial charge on any atom is 0.123 e. The number of fused-ring (bicyclic) bond motifs is 1. The molecule has 1 aromatic rings.